The first-order chi connectivity index (χ1) is 8.60. The Morgan fingerprint density at radius 2 is 2.17 bits per heavy atom. The summed E-state index contributed by atoms with van der Waals surface area (Å²) in [6, 6.07) is 4.54. The van der Waals surface area contributed by atoms with Gasteiger partial charge in [-0.1, -0.05) is 19.8 Å². The lowest BCUT2D eigenvalue weighted by Crippen LogP contribution is -2.36. The molecular weight excluding hydrogens is 224 g/mol. The van der Waals surface area contributed by atoms with E-state index in [4.69, 9.17) is 0 Å². The third kappa shape index (κ3) is 3.02. The first kappa shape index (κ1) is 13.3. The van der Waals surface area contributed by atoms with Crippen LogP contribution in [0.4, 0.5) is 5.82 Å². The van der Waals surface area contributed by atoms with Crippen LogP contribution in [-0.2, 0) is 6.61 Å². The molecule has 0 radical (unpaired) electrons. The molecule has 2 unspecified atom stereocenters. The van der Waals surface area contributed by atoms with Gasteiger partial charge in [-0.05, 0) is 43.4 Å². The van der Waals surface area contributed by atoms with Crippen LogP contribution in [0.25, 0.3) is 0 Å². The lowest BCUT2D eigenvalue weighted by atomic mass is 9.86. The van der Waals surface area contributed by atoms with Crippen LogP contribution in [-0.4, -0.2) is 23.2 Å². The van der Waals surface area contributed by atoms with Crippen LogP contribution in [0.15, 0.2) is 12.1 Å². The molecule has 0 amide bonds. The Hall–Kier alpha value is -1.09. The highest BCUT2D eigenvalue weighted by Crippen LogP contribution is 2.29. The molecule has 0 saturated heterocycles. The van der Waals surface area contributed by atoms with Crippen molar-refractivity contribution in [1.82, 2.24) is 4.98 Å². The van der Waals surface area contributed by atoms with Gasteiger partial charge in [0.25, 0.3) is 0 Å². The summed E-state index contributed by atoms with van der Waals surface area (Å²) in [5.41, 5.74) is 1.93. The summed E-state index contributed by atoms with van der Waals surface area (Å²) in [4.78, 5) is 6.89. The minimum Gasteiger partial charge on any atom is -0.392 e. The van der Waals surface area contributed by atoms with Crippen LogP contribution >= 0.6 is 0 Å². The van der Waals surface area contributed by atoms with E-state index in [0.29, 0.717) is 6.04 Å². The van der Waals surface area contributed by atoms with Crippen molar-refractivity contribution in [3.05, 3.63) is 23.4 Å². The summed E-state index contributed by atoms with van der Waals surface area (Å²) in [7, 11) is 2.13. The van der Waals surface area contributed by atoms with Crippen LogP contribution in [0.1, 0.15) is 43.9 Å². The fourth-order valence-electron chi connectivity index (χ4n) is 2.93. The largest absolute Gasteiger partial charge is 0.392 e. The Bertz CT molecular complexity index is 405. The molecular formula is C15H24N2O. The molecule has 2 rings (SSSR count). The molecule has 2 atom stereocenters. The van der Waals surface area contributed by atoms with Gasteiger partial charge in [-0.3, -0.25) is 0 Å². The molecule has 0 aromatic carbocycles. The molecule has 3 heteroatoms. The molecule has 1 aliphatic rings. The quantitative estimate of drug-likeness (QED) is 0.893. The lowest BCUT2D eigenvalue weighted by Gasteiger charge is -2.35. The van der Waals surface area contributed by atoms with Crippen molar-refractivity contribution in [3.63, 3.8) is 0 Å². The molecule has 100 valence electrons. The maximum Gasteiger partial charge on any atom is 0.129 e. The van der Waals surface area contributed by atoms with E-state index < -0.39 is 0 Å². The highest BCUT2D eigenvalue weighted by molar-refractivity contribution is 5.42. The van der Waals surface area contributed by atoms with Crippen molar-refractivity contribution in [1.29, 1.82) is 0 Å². The maximum atomic E-state index is 9.27. The van der Waals surface area contributed by atoms with E-state index in [0.717, 1.165) is 23.0 Å². The third-order valence-electron chi connectivity index (χ3n) is 4.00. The molecule has 0 spiro atoms. The Labute approximate surface area is 110 Å². The minimum atomic E-state index is 0.0886. The number of hydrogen-bond acceptors (Lipinski definition) is 3. The summed E-state index contributed by atoms with van der Waals surface area (Å²) in [6.07, 6.45) is 5.17. The van der Waals surface area contributed by atoms with Gasteiger partial charge < -0.3 is 10.0 Å². The van der Waals surface area contributed by atoms with E-state index in [9.17, 15) is 5.11 Å². The Kier molecular flexibility index (Phi) is 4.23. The Balaban J connectivity index is 2.16. The number of hydrogen-bond donors (Lipinski definition) is 1. The van der Waals surface area contributed by atoms with E-state index in [1.807, 2.05) is 19.1 Å². The highest BCUT2D eigenvalue weighted by atomic mass is 16.3. The van der Waals surface area contributed by atoms with Crippen LogP contribution in [0.5, 0.6) is 0 Å². The molecule has 1 aliphatic carbocycles. The van der Waals surface area contributed by atoms with E-state index >= 15 is 0 Å². The Morgan fingerprint density at radius 3 is 2.83 bits per heavy atom. The highest BCUT2D eigenvalue weighted by Gasteiger charge is 2.23. The Morgan fingerprint density at radius 1 is 1.39 bits per heavy atom. The van der Waals surface area contributed by atoms with Gasteiger partial charge in [0.1, 0.15) is 5.82 Å². The SMILES string of the molecule is Cc1cc(CO)cc(N(C)C2CCCC(C)C2)n1. The minimum absolute atomic E-state index is 0.0886. The van der Waals surface area contributed by atoms with Gasteiger partial charge in [-0.15, -0.1) is 0 Å². The second kappa shape index (κ2) is 5.70. The van der Waals surface area contributed by atoms with E-state index in [2.05, 4.69) is 23.9 Å². The van der Waals surface area contributed by atoms with Crippen LogP contribution < -0.4 is 4.90 Å². The smallest absolute Gasteiger partial charge is 0.129 e. The zero-order valence-corrected chi connectivity index (χ0v) is 11.7. The van der Waals surface area contributed by atoms with Gasteiger partial charge in [0.2, 0.25) is 0 Å². The second-order valence-electron chi connectivity index (χ2n) is 5.67. The maximum absolute atomic E-state index is 9.27. The van der Waals surface area contributed by atoms with Crippen molar-refractivity contribution >= 4 is 5.82 Å². The monoisotopic (exact) mass is 248 g/mol. The third-order valence-corrected chi connectivity index (χ3v) is 4.00. The lowest BCUT2D eigenvalue weighted by molar-refractivity contribution is 0.281. The number of rotatable bonds is 3. The van der Waals surface area contributed by atoms with Gasteiger partial charge in [0, 0.05) is 18.8 Å². The van der Waals surface area contributed by atoms with Crippen molar-refractivity contribution < 1.29 is 5.11 Å². The first-order valence-corrected chi connectivity index (χ1v) is 6.91. The number of aliphatic hydroxyl groups excluding tert-OH is 1. The molecule has 0 aliphatic heterocycles. The summed E-state index contributed by atoms with van der Waals surface area (Å²) in [6.45, 7) is 4.41. The molecule has 18 heavy (non-hydrogen) atoms. The summed E-state index contributed by atoms with van der Waals surface area (Å²) >= 11 is 0. The molecule has 3 nitrogen and oxygen atoms in total. The van der Waals surface area contributed by atoms with Crippen molar-refractivity contribution in [3.8, 4) is 0 Å². The summed E-state index contributed by atoms with van der Waals surface area (Å²) in [5.74, 6) is 1.81. The zero-order valence-electron chi connectivity index (χ0n) is 11.7. The molecule has 1 aromatic rings. The number of nitrogens with zero attached hydrogens (tertiary/aromatic N) is 2. The first-order valence-electron chi connectivity index (χ1n) is 6.91. The molecule has 1 heterocycles. The van der Waals surface area contributed by atoms with E-state index in [-0.39, 0.29) is 6.61 Å². The number of pyridine rings is 1. The fourth-order valence-corrected chi connectivity index (χ4v) is 2.93. The number of aliphatic hydroxyl groups is 1. The van der Waals surface area contributed by atoms with Crippen molar-refractivity contribution in [2.75, 3.05) is 11.9 Å². The topological polar surface area (TPSA) is 36.4 Å². The zero-order chi connectivity index (χ0) is 13.1. The van der Waals surface area contributed by atoms with Crippen molar-refractivity contribution in [2.45, 2.75) is 52.2 Å². The molecule has 1 fully saturated rings. The van der Waals surface area contributed by atoms with Crippen molar-refractivity contribution in [2.24, 2.45) is 5.92 Å². The van der Waals surface area contributed by atoms with Gasteiger partial charge in [0.05, 0.1) is 6.61 Å². The number of anilines is 1. The van der Waals surface area contributed by atoms with Gasteiger partial charge in [-0.2, -0.15) is 0 Å². The molecule has 1 N–H and O–H groups in total. The van der Waals surface area contributed by atoms with Crippen LogP contribution in [0.3, 0.4) is 0 Å². The van der Waals surface area contributed by atoms with Gasteiger partial charge in [-0.25, -0.2) is 4.98 Å². The van der Waals surface area contributed by atoms with E-state index in [1.165, 1.54) is 25.7 Å². The molecule has 1 aromatic heterocycles. The summed E-state index contributed by atoms with van der Waals surface area (Å²) < 4.78 is 0. The average Bonchev–Trinajstić information content (AvgIpc) is 2.37. The number of aromatic nitrogens is 1. The predicted molar refractivity (Wildman–Crippen MR) is 74.7 cm³/mol. The number of aryl methyl sites for hydroxylation is 1. The average molecular weight is 248 g/mol. The normalized spacial score (nSPS) is 24.0. The van der Waals surface area contributed by atoms with E-state index in [1.54, 1.807) is 0 Å². The fraction of sp³-hybridized carbons (Fsp3) is 0.667. The van der Waals surface area contributed by atoms with Crippen LogP contribution in [0.2, 0.25) is 0 Å². The summed E-state index contributed by atoms with van der Waals surface area (Å²) in [5, 5.41) is 9.27. The van der Waals surface area contributed by atoms with Gasteiger partial charge >= 0.3 is 0 Å². The van der Waals surface area contributed by atoms with Gasteiger partial charge in [0.15, 0.2) is 0 Å². The van der Waals surface area contributed by atoms with Crippen LogP contribution in [0, 0.1) is 12.8 Å². The molecule has 1 saturated carbocycles. The second-order valence-corrected chi connectivity index (χ2v) is 5.67. The standard InChI is InChI=1S/C15H24N2O/c1-11-5-4-6-14(7-11)17(3)15-9-13(10-18)8-12(2)16-15/h8-9,11,14,18H,4-7,10H2,1-3H3. The predicted octanol–water partition coefficient (Wildman–Crippen LogP) is 2.90. The molecule has 0 bridgehead atoms.